The van der Waals surface area contributed by atoms with Crippen LogP contribution in [0.1, 0.15) is 36.1 Å². The Bertz CT molecular complexity index is 496. The number of aryl methyl sites for hydroxylation is 1. The maximum atomic E-state index is 6.44. The molecule has 2 N–H and O–H groups in total. The van der Waals surface area contributed by atoms with Crippen LogP contribution >= 0.6 is 0 Å². The van der Waals surface area contributed by atoms with Crippen molar-refractivity contribution in [2.45, 2.75) is 45.6 Å². The van der Waals surface area contributed by atoms with Crippen LogP contribution in [-0.2, 0) is 10.2 Å². The van der Waals surface area contributed by atoms with Gasteiger partial charge in [0, 0.05) is 5.54 Å². The molecular weight excluding hydrogens is 238 g/mol. The highest BCUT2D eigenvalue weighted by Crippen LogP contribution is 2.44. The summed E-state index contributed by atoms with van der Waals surface area (Å²) < 4.78 is 11.0. The highest BCUT2D eigenvalue weighted by atomic mass is 16.5. The molecule has 1 aromatic rings. The highest BCUT2D eigenvalue weighted by molar-refractivity contribution is 5.53. The molecule has 1 heterocycles. The van der Waals surface area contributed by atoms with E-state index in [9.17, 15) is 0 Å². The van der Waals surface area contributed by atoms with Crippen molar-refractivity contribution in [3.05, 3.63) is 28.3 Å². The summed E-state index contributed by atoms with van der Waals surface area (Å²) in [5.41, 5.74) is 11.0. The average molecular weight is 263 g/mol. The molecule has 0 aromatic heterocycles. The lowest BCUT2D eigenvalue weighted by Gasteiger charge is -2.52. The van der Waals surface area contributed by atoms with Crippen LogP contribution in [-0.4, -0.2) is 25.9 Å². The van der Waals surface area contributed by atoms with Crippen LogP contribution in [0.15, 0.2) is 6.07 Å². The van der Waals surface area contributed by atoms with Crippen molar-refractivity contribution >= 4 is 0 Å². The molecule has 3 nitrogen and oxygen atoms in total. The molecule has 0 saturated carbocycles. The molecule has 1 aliphatic heterocycles. The topological polar surface area (TPSA) is 44.5 Å². The van der Waals surface area contributed by atoms with Gasteiger partial charge >= 0.3 is 0 Å². The number of nitrogens with two attached hydrogens (primary N) is 1. The molecule has 0 radical (unpaired) electrons. The van der Waals surface area contributed by atoms with Crippen LogP contribution < -0.4 is 10.5 Å². The number of rotatable bonds is 3. The Morgan fingerprint density at radius 3 is 2.16 bits per heavy atom. The molecule has 19 heavy (non-hydrogen) atoms. The van der Waals surface area contributed by atoms with Crippen molar-refractivity contribution in [1.82, 2.24) is 0 Å². The lowest BCUT2D eigenvalue weighted by Crippen LogP contribution is -2.65. The van der Waals surface area contributed by atoms with Crippen molar-refractivity contribution in [2.75, 3.05) is 20.3 Å². The van der Waals surface area contributed by atoms with Crippen molar-refractivity contribution < 1.29 is 9.47 Å². The predicted molar refractivity (Wildman–Crippen MR) is 78.0 cm³/mol. The first-order valence-electron chi connectivity index (χ1n) is 6.76. The number of hydrogen-bond donors (Lipinski definition) is 1. The fraction of sp³-hybridized carbons (Fsp3) is 0.625. The van der Waals surface area contributed by atoms with Crippen molar-refractivity contribution in [2.24, 2.45) is 5.73 Å². The molecule has 0 bridgehead atoms. The molecular formula is C16H25NO2. The van der Waals surface area contributed by atoms with E-state index in [4.69, 9.17) is 15.2 Å². The van der Waals surface area contributed by atoms with E-state index in [1.165, 1.54) is 16.7 Å². The van der Waals surface area contributed by atoms with Gasteiger partial charge in [0.15, 0.2) is 0 Å². The molecule has 0 aliphatic carbocycles. The van der Waals surface area contributed by atoms with Crippen molar-refractivity contribution in [1.29, 1.82) is 0 Å². The summed E-state index contributed by atoms with van der Waals surface area (Å²) in [5.74, 6) is 0.978. The van der Waals surface area contributed by atoms with E-state index in [0.29, 0.717) is 13.2 Å². The first kappa shape index (κ1) is 14.4. The highest BCUT2D eigenvalue weighted by Gasteiger charge is 2.51. The molecule has 0 atom stereocenters. The minimum Gasteiger partial charge on any atom is -0.496 e. The largest absolute Gasteiger partial charge is 0.496 e. The van der Waals surface area contributed by atoms with E-state index < -0.39 is 0 Å². The molecule has 2 rings (SSSR count). The molecule has 0 unspecified atom stereocenters. The SMILES string of the molecule is COc1c(C)cc(C2(C(C)(C)N)COC2)c(C)c1C. The summed E-state index contributed by atoms with van der Waals surface area (Å²) in [6, 6.07) is 2.22. The van der Waals surface area contributed by atoms with Crippen molar-refractivity contribution in [3.8, 4) is 5.75 Å². The van der Waals surface area contributed by atoms with Gasteiger partial charge in [0.2, 0.25) is 0 Å². The van der Waals surface area contributed by atoms with Crippen LogP contribution in [0, 0.1) is 20.8 Å². The molecule has 3 heteroatoms. The second-order valence-corrected chi connectivity index (χ2v) is 6.32. The molecule has 1 saturated heterocycles. The number of methoxy groups -OCH3 is 1. The normalized spacial score (nSPS) is 18.1. The van der Waals surface area contributed by atoms with Crippen LogP contribution in [0.4, 0.5) is 0 Å². The van der Waals surface area contributed by atoms with E-state index in [2.05, 4.69) is 40.7 Å². The number of hydrogen-bond acceptors (Lipinski definition) is 3. The Balaban J connectivity index is 2.64. The van der Waals surface area contributed by atoms with Gasteiger partial charge in [-0.05, 0) is 56.9 Å². The van der Waals surface area contributed by atoms with Gasteiger partial charge in [0.25, 0.3) is 0 Å². The van der Waals surface area contributed by atoms with Crippen LogP contribution in [0.5, 0.6) is 5.75 Å². The summed E-state index contributed by atoms with van der Waals surface area (Å²) in [5, 5.41) is 0. The molecule has 106 valence electrons. The smallest absolute Gasteiger partial charge is 0.124 e. The molecule has 1 fully saturated rings. The van der Waals surface area contributed by atoms with Gasteiger partial charge in [-0.25, -0.2) is 0 Å². The predicted octanol–water partition coefficient (Wildman–Crippen LogP) is 2.63. The van der Waals surface area contributed by atoms with E-state index in [1.807, 2.05) is 0 Å². The third-order valence-corrected chi connectivity index (χ3v) is 4.68. The molecule has 1 aliphatic rings. The Morgan fingerprint density at radius 2 is 1.79 bits per heavy atom. The van der Waals surface area contributed by atoms with Gasteiger partial charge in [-0.3, -0.25) is 0 Å². The van der Waals surface area contributed by atoms with Crippen LogP contribution in [0.25, 0.3) is 0 Å². The zero-order chi connectivity index (χ0) is 14.4. The first-order valence-corrected chi connectivity index (χ1v) is 6.76. The number of benzene rings is 1. The van der Waals surface area contributed by atoms with E-state index in [0.717, 1.165) is 11.3 Å². The summed E-state index contributed by atoms with van der Waals surface area (Å²) in [4.78, 5) is 0. The summed E-state index contributed by atoms with van der Waals surface area (Å²) in [7, 11) is 1.73. The Labute approximate surface area is 116 Å². The fourth-order valence-corrected chi connectivity index (χ4v) is 3.05. The van der Waals surface area contributed by atoms with E-state index in [1.54, 1.807) is 7.11 Å². The average Bonchev–Trinajstić information content (AvgIpc) is 2.22. The molecule has 1 aromatic carbocycles. The monoisotopic (exact) mass is 263 g/mol. The molecule has 0 spiro atoms. The summed E-state index contributed by atoms with van der Waals surface area (Å²) in [6.45, 7) is 11.9. The van der Waals surface area contributed by atoms with Gasteiger partial charge in [-0.2, -0.15) is 0 Å². The maximum Gasteiger partial charge on any atom is 0.124 e. The second-order valence-electron chi connectivity index (χ2n) is 6.32. The lowest BCUT2D eigenvalue weighted by atomic mass is 9.64. The van der Waals surface area contributed by atoms with Crippen LogP contribution in [0.2, 0.25) is 0 Å². The number of ether oxygens (including phenoxy) is 2. The van der Waals surface area contributed by atoms with E-state index in [-0.39, 0.29) is 11.0 Å². The second kappa shape index (κ2) is 4.50. The zero-order valence-electron chi connectivity index (χ0n) is 12.9. The minimum absolute atomic E-state index is 0.0844. The lowest BCUT2D eigenvalue weighted by molar-refractivity contribution is -0.0922. The third-order valence-electron chi connectivity index (χ3n) is 4.68. The minimum atomic E-state index is -0.302. The van der Waals surface area contributed by atoms with Gasteiger partial charge in [-0.1, -0.05) is 6.07 Å². The zero-order valence-corrected chi connectivity index (χ0v) is 12.9. The maximum absolute atomic E-state index is 6.44. The standard InChI is InChI=1S/C16H25NO2/c1-10-7-13(11(2)12(3)14(10)18-6)16(8-19-9-16)15(4,5)17/h7H,8-9,17H2,1-6H3. The van der Waals surface area contributed by atoms with E-state index >= 15 is 0 Å². The fourth-order valence-electron chi connectivity index (χ4n) is 3.05. The molecule has 0 amide bonds. The Hall–Kier alpha value is -1.06. The van der Waals surface area contributed by atoms with Crippen molar-refractivity contribution in [3.63, 3.8) is 0 Å². The van der Waals surface area contributed by atoms with Gasteiger partial charge in [0.05, 0.1) is 25.7 Å². The summed E-state index contributed by atoms with van der Waals surface area (Å²) >= 11 is 0. The van der Waals surface area contributed by atoms with Crippen LogP contribution in [0.3, 0.4) is 0 Å². The quantitative estimate of drug-likeness (QED) is 0.911. The third kappa shape index (κ3) is 1.96. The van der Waals surface area contributed by atoms with Gasteiger partial charge < -0.3 is 15.2 Å². The Kier molecular flexibility index (Phi) is 3.40. The Morgan fingerprint density at radius 1 is 1.21 bits per heavy atom. The van der Waals surface area contributed by atoms with Gasteiger partial charge in [0.1, 0.15) is 5.75 Å². The first-order chi connectivity index (χ1) is 8.74. The van der Waals surface area contributed by atoms with Gasteiger partial charge in [-0.15, -0.1) is 0 Å². The summed E-state index contributed by atoms with van der Waals surface area (Å²) in [6.07, 6.45) is 0.